The number of para-hydroxylation sites is 1. The van der Waals surface area contributed by atoms with Crippen molar-refractivity contribution in [3.05, 3.63) is 54.1 Å². The van der Waals surface area contributed by atoms with E-state index in [0.717, 1.165) is 31.6 Å². The lowest BCUT2D eigenvalue weighted by atomic mass is 10.0. The number of amides is 1. The van der Waals surface area contributed by atoms with Gasteiger partial charge in [-0.1, -0.05) is 23.9 Å². The molecule has 28 heavy (non-hydrogen) atoms. The van der Waals surface area contributed by atoms with E-state index in [-0.39, 0.29) is 11.9 Å². The van der Waals surface area contributed by atoms with Gasteiger partial charge in [-0.15, -0.1) is 0 Å². The number of halogens is 2. The van der Waals surface area contributed by atoms with Crippen LogP contribution in [0.15, 0.2) is 53.4 Å². The average molecular weight is 407 g/mol. The van der Waals surface area contributed by atoms with Crippen LogP contribution in [0.3, 0.4) is 0 Å². The molecule has 3 rings (SSSR count). The molecule has 4 nitrogen and oxygen atoms in total. The van der Waals surface area contributed by atoms with Crippen molar-refractivity contribution in [2.75, 3.05) is 32.5 Å². The third-order valence-corrected chi connectivity index (χ3v) is 5.92. The Morgan fingerprint density at radius 3 is 2.43 bits per heavy atom. The highest BCUT2D eigenvalue weighted by molar-refractivity contribution is 7.99. The number of nitrogens with one attached hydrogen (secondary N) is 2. The zero-order valence-electron chi connectivity index (χ0n) is 16.1. The van der Waals surface area contributed by atoms with Crippen molar-refractivity contribution < 1.29 is 18.5 Å². The highest BCUT2D eigenvalue weighted by Gasteiger charge is 2.27. The van der Waals surface area contributed by atoms with Gasteiger partial charge in [-0.25, -0.2) is 0 Å². The molecule has 150 valence electrons. The number of hydrogen-bond acceptors (Lipinski definition) is 3. The van der Waals surface area contributed by atoms with Crippen molar-refractivity contribution >= 4 is 29.0 Å². The normalized spacial score (nSPS) is 19.5. The molecule has 0 atom stereocenters. The summed E-state index contributed by atoms with van der Waals surface area (Å²) in [6, 6.07) is 14.5. The molecule has 1 aliphatic rings. The molecule has 1 aliphatic heterocycles. The predicted octanol–water partition coefficient (Wildman–Crippen LogP) is 3.49. The van der Waals surface area contributed by atoms with Gasteiger partial charge in [0.25, 0.3) is 11.7 Å². The number of anilines is 2. The van der Waals surface area contributed by atoms with Crippen LogP contribution in [0.25, 0.3) is 0 Å². The Morgan fingerprint density at radius 1 is 1.14 bits per heavy atom. The van der Waals surface area contributed by atoms with Gasteiger partial charge in [-0.05, 0) is 36.4 Å². The summed E-state index contributed by atoms with van der Waals surface area (Å²) in [7, 11) is 4.06. The minimum atomic E-state index is -2.44. The van der Waals surface area contributed by atoms with Gasteiger partial charge < -0.3 is 15.1 Å². The van der Waals surface area contributed by atoms with Crippen LogP contribution >= 0.6 is 11.8 Å². The molecule has 2 aromatic carbocycles. The molecule has 0 spiro atoms. The number of benzene rings is 2. The molecule has 0 radical (unpaired) electrons. The summed E-state index contributed by atoms with van der Waals surface area (Å²) >= 11 is 0.518. The maximum atomic E-state index is 13.1. The van der Waals surface area contributed by atoms with Crippen molar-refractivity contribution in [2.24, 2.45) is 0 Å². The molecule has 2 aromatic rings. The van der Waals surface area contributed by atoms with Gasteiger partial charge in [0.05, 0.1) is 31.4 Å². The molecule has 1 saturated heterocycles. The molecule has 0 aliphatic carbocycles. The molecule has 1 amide bonds. The van der Waals surface area contributed by atoms with E-state index in [2.05, 4.69) is 12.4 Å². The first-order chi connectivity index (χ1) is 13.4. The lowest BCUT2D eigenvalue weighted by molar-refractivity contribution is -0.885. The molecule has 1 heterocycles. The number of nitrogens with zero attached hydrogens (tertiary/aromatic N) is 1. The summed E-state index contributed by atoms with van der Waals surface area (Å²) < 4.78 is 24.9. The maximum Gasteiger partial charge on any atom is 0.288 e. The predicted molar refractivity (Wildman–Crippen MR) is 110 cm³/mol. The third-order valence-electron chi connectivity index (χ3n) is 5.19. The largest absolute Gasteiger partial charge is 0.355 e. The van der Waals surface area contributed by atoms with E-state index in [1.54, 1.807) is 24.3 Å². The van der Waals surface area contributed by atoms with E-state index >= 15 is 0 Å². The Morgan fingerprint density at radius 2 is 1.79 bits per heavy atom. The Hall–Kier alpha value is -2.12. The highest BCUT2D eigenvalue weighted by atomic mass is 32.2. The third kappa shape index (κ3) is 5.23. The minimum absolute atomic E-state index is 0.00229. The zero-order chi connectivity index (χ0) is 20.1. The summed E-state index contributed by atoms with van der Waals surface area (Å²) in [6.45, 7) is 2.15. The van der Waals surface area contributed by atoms with Crippen LogP contribution in [0, 0.1) is 0 Å². The molecule has 7 heteroatoms. The number of quaternary nitrogens is 1. The Balaban J connectivity index is 1.72. The second kappa shape index (κ2) is 9.39. The first-order valence-corrected chi connectivity index (χ1v) is 10.3. The summed E-state index contributed by atoms with van der Waals surface area (Å²) in [5.41, 5.74) is 2.08. The molecule has 0 unspecified atom stereocenters. The van der Waals surface area contributed by atoms with Crippen LogP contribution in [0.1, 0.15) is 23.2 Å². The maximum absolute atomic E-state index is 13.1. The number of likely N-dealkylation sites (tertiary alicyclic amines) is 1. The van der Waals surface area contributed by atoms with Crippen LogP contribution in [-0.4, -0.2) is 49.8 Å². The Bertz CT molecular complexity index is 792. The molecule has 0 bridgehead atoms. The number of thioether (sulfide) groups is 1. The van der Waals surface area contributed by atoms with Gasteiger partial charge in [-0.2, -0.15) is 8.78 Å². The van der Waals surface area contributed by atoms with E-state index < -0.39 is 5.76 Å². The second-order valence-corrected chi connectivity index (χ2v) is 8.24. The van der Waals surface area contributed by atoms with E-state index in [0.29, 0.717) is 27.9 Å². The van der Waals surface area contributed by atoms with Crippen molar-refractivity contribution in [2.45, 2.75) is 29.5 Å². The molecular weight excluding hydrogens is 380 g/mol. The lowest BCUT2D eigenvalue weighted by Gasteiger charge is -2.33. The van der Waals surface area contributed by atoms with Crippen LogP contribution < -0.4 is 10.2 Å². The summed E-state index contributed by atoms with van der Waals surface area (Å²) in [5, 5.41) is 3.25. The summed E-state index contributed by atoms with van der Waals surface area (Å²) in [4.78, 5) is 17.0. The van der Waals surface area contributed by atoms with E-state index in [9.17, 15) is 13.6 Å². The van der Waals surface area contributed by atoms with Gasteiger partial charge in [0.2, 0.25) is 0 Å². The molecule has 2 N–H and O–H groups in total. The number of alkyl halides is 2. The van der Waals surface area contributed by atoms with Gasteiger partial charge in [0, 0.05) is 36.5 Å². The first-order valence-electron chi connectivity index (χ1n) is 9.43. The van der Waals surface area contributed by atoms with Crippen LogP contribution in [0.4, 0.5) is 20.2 Å². The van der Waals surface area contributed by atoms with E-state index in [1.807, 2.05) is 36.2 Å². The summed E-state index contributed by atoms with van der Waals surface area (Å²) in [5.74, 6) is -2.44. The van der Waals surface area contributed by atoms with Crippen molar-refractivity contribution in [3.63, 3.8) is 0 Å². The van der Waals surface area contributed by atoms with Gasteiger partial charge in [0.1, 0.15) is 0 Å². The van der Waals surface area contributed by atoms with Crippen molar-refractivity contribution in [3.8, 4) is 0 Å². The fourth-order valence-corrected chi connectivity index (χ4v) is 3.99. The van der Waals surface area contributed by atoms with Crippen LogP contribution in [0.5, 0.6) is 0 Å². The smallest absolute Gasteiger partial charge is 0.288 e. The Kier molecular flexibility index (Phi) is 6.91. The number of carbonyl (C=O) groups excluding carboxylic acids is 1. The molecular formula is C21H26F2N3OS+. The average Bonchev–Trinajstić information content (AvgIpc) is 2.69. The standard InChI is InChI=1S/C21H25F2N3OS/c1-25-13-11-16(12-14-25)26(2)20(27)18-5-3-4-6-19(18)24-15-7-9-17(10-8-15)28-21(22)23/h3-10,16,21,24H,11-14H2,1-2H3/p+1. The fraction of sp³-hybridized carbons (Fsp3) is 0.381. The topological polar surface area (TPSA) is 36.8 Å². The highest BCUT2D eigenvalue weighted by Crippen LogP contribution is 2.28. The quantitative estimate of drug-likeness (QED) is 0.721. The second-order valence-electron chi connectivity index (χ2n) is 7.18. The zero-order valence-corrected chi connectivity index (χ0v) is 16.9. The first kappa shape index (κ1) is 20.6. The van der Waals surface area contributed by atoms with Crippen molar-refractivity contribution in [1.29, 1.82) is 0 Å². The number of carbonyl (C=O) groups is 1. The van der Waals surface area contributed by atoms with Gasteiger partial charge >= 0.3 is 0 Å². The molecule has 0 aromatic heterocycles. The van der Waals surface area contributed by atoms with E-state index in [4.69, 9.17) is 0 Å². The number of rotatable bonds is 6. The monoisotopic (exact) mass is 406 g/mol. The number of hydrogen-bond donors (Lipinski definition) is 2. The lowest BCUT2D eigenvalue weighted by Crippen LogP contribution is -3.10. The molecule has 1 fully saturated rings. The van der Waals surface area contributed by atoms with Crippen LogP contribution in [-0.2, 0) is 0 Å². The SMILES string of the molecule is CN(C(=O)c1ccccc1Nc1ccc(SC(F)F)cc1)C1CC[NH+](C)CC1. The Labute approximate surface area is 168 Å². The van der Waals surface area contributed by atoms with Crippen molar-refractivity contribution in [1.82, 2.24) is 4.90 Å². The van der Waals surface area contributed by atoms with Gasteiger partial charge in [0.15, 0.2) is 0 Å². The number of piperidine rings is 1. The minimum Gasteiger partial charge on any atom is -0.355 e. The van der Waals surface area contributed by atoms with E-state index in [1.165, 1.54) is 4.90 Å². The molecule has 0 saturated carbocycles. The van der Waals surface area contributed by atoms with Gasteiger partial charge in [-0.3, -0.25) is 4.79 Å². The van der Waals surface area contributed by atoms with Crippen LogP contribution in [0.2, 0.25) is 0 Å². The summed E-state index contributed by atoms with van der Waals surface area (Å²) in [6.07, 6.45) is 2.01. The fourth-order valence-electron chi connectivity index (χ4n) is 3.49.